The molecule has 0 bridgehead atoms. The number of nitrogens with one attached hydrogen (secondary N) is 1. The van der Waals surface area contributed by atoms with Gasteiger partial charge in [0.15, 0.2) is 0 Å². The fourth-order valence-electron chi connectivity index (χ4n) is 1.63. The number of anilines is 2. The van der Waals surface area contributed by atoms with Gasteiger partial charge in [-0.1, -0.05) is 28.1 Å². The van der Waals surface area contributed by atoms with Crippen LogP contribution < -0.4 is 11.1 Å². The normalized spacial score (nSPS) is 12.1. The van der Waals surface area contributed by atoms with Crippen molar-refractivity contribution in [3.05, 3.63) is 52.8 Å². The number of halogens is 1. The second-order valence-electron chi connectivity index (χ2n) is 3.88. The summed E-state index contributed by atoms with van der Waals surface area (Å²) in [4.78, 5) is 3.97. The van der Waals surface area contributed by atoms with E-state index in [2.05, 4.69) is 45.3 Å². The molecule has 1 heterocycles. The maximum absolute atomic E-state index is 5.84. The lowest BCUT2D eigenvalue weighted by molar-refractivity contribution is 0.884. The molecule has 0 amide bonds. The number of hydrogen-bond acceptors (Lipinski definition) is 3. The van der Waals surface area contributed by atoms with Crippen LogP contribution in [0.2, 0.25) is 0 Å². The number of aromatic nitrogens is 1. The molecule has 0 radical (unpaired) electrons. The highest BCUT2D eigenvalue weighted by atomic mass is 79.9. The summed E-state index contributed by atoms with van der Waals surface area (Å²) < 4.78 is 1.08. The van der Waals surface area contributed by atoms with Gasteiger partial charge < -0.3 is 11.1 Å². The van der Waals surface area contributed by atoms with Gasteiger partial charge in [0.05, 0.1) is 17.6 Å². The van der Waals surface area contributed by atoms with Crippen LogP contribution in [0.1, 0.15) is 18.5 Å². The second kappa shape index (κ2) is 5.19. The molecule has 1 unspecified atom stereocenters. The van der Waals surface area contributed by atoms with E-state index in [0.29, 0.717) is 5.69 Å². The Kier molecular flexibility index (Phi) is 3.64. The third-order valence-corrected chi connectivity index (χ3v) is 3.07. The summed E-state index contributed by atoms with van der Waals surface area (Å²) in [6, 6.07) is 10.3. The lowest BCUT2D eigenvalue weighted by Crippen LogP contribution is -2.08. The van der Waals surface area contributed by atoms with Crippen molar-refractivity contribution in [2.45, 2.75) is 13.0 Å². The molecular formula is C13H14BrN3. The van der Waals surface area contributed by atoms with E-state index in [4.69, 9.17) is 5.73 Å². The zero-order valence-electron chi connectivity index (χ0n) is 9.52. The summed E-state index contributed by atoms with van der Waals surface area (Å²) in [5.74, 6) is 0. The Morgan fingerprint density at radius 3 is 2.88 bits per heavy atom. The zero-order chi connectivity index (χ0) is 12.3. The number of nitrogens with zero attached hydrogens (tertiary/aromatic N) is 1. The first-order valence-corrected chi connectivity index (χ1v) is 6.17. The number of nitrogens with two attached hydrogens (primary N) is 1. The van der Waals surface area contributed by atoms with E-state index < -0.39 is 0 Å². The van der Waals surface area contributed by atoms with Crippen LogP contribution in [0.15, 0.2) is 47.2 Å². The van der Waals surface area contributed by atoms with Crippen molar-refractivity contribution in [1.82, 2.24) is 4.98 Å². The van der Waals surface area contributed by atoms with E-state index in [0.717, 1.165) is 10.2 Å². The quantitative estimate of drug-likeness (QED) is 0.908. The molecule has 0 saturated heterocycles. The fourth-order valence-corrected chi connectivity index (χ4v) is 2.05. The Hall–Kier alpha value is -1.55. The molecule has 0 saturated carbocycles. The minimum atomic E-state index is 0.192. The Morgan fingerprint density at radius 2 is 2.18 bits per heavy atom. The molecule has 3 N–H and O–H groups in total. The number of nitrogen functional groups attached to an aromatic ring is 1. The van der Waals surface area contributed by atoms with Gasteiger partial charge in [-0.05, 0) is 30.7 Å². The highest BCUT2D eigenvalue weighted by Crippen LogP contribution is 2.24. The SMILES string of the molecule is CC(Nc1ccncc1N)c1cccc(Br)c1. The molecule has 0 aliphatic carbocycles. The highest BCUT2D eigenvalue weighted by Gasteiger charge is 2.07. The zero-order valence-corrected chi connectivity index (χ0v) is 11.1. The maximum Gasteiger partial charge on any atom is 0.0736 e. The molecule has 2 aromatic rings. The van der Waals surface area contributed by atoms with E-state index in [1.807, 2.05) is 18.2 Å². The van der Waals surface area contributed by atoms with Crippen molar-refractivity contribution in [1.29, 1.82) is 0 Å². The monoisotopic (exact) mass is 291 g/mol. The molecule has 0 fully saturated rings. The van der Waals surface area contributed by atoms with Crippen LogP contribution in [0.5, 0.6) is 0 Å². The average molecular weight is 292 g/mol. The van der Waals surface area contributed by atoms with Gasteiger partial charge in [0, 0.05) is 16.7 Å². The first-order chi connectivity index (χ1) is 8.16. The summed E-state index contributed by atoms with van der Waals surface area (Å²) >= 11 is 3.47. The minimum Gasteiger partial charge on any atom is -0.396 e. The number of pyridine rings is 1. The fraction of sp³-hybridized carbons (Fsp3) is 0.154. The standard InChI is InChI=1S/C13H14BrN3/c1-9(10-3-2-4-11(14)7-10)17-13-5-6-16-8-12(13)15/h2-9H,15H2,1H3,(H,16,17). The van der Waals surface area contributed by atoms with Crippen LogP contribution in [0, 0.1) is 0 Å². The van der Waals surface area contributed by atoms with E-state index in [9.17, 15) is 0 Å². The third-order valence-electron chi connectivity index (χ3n) is 2.57. The number of hydrogen-bond donors (Lipinski definition) is 2. The molecule has 88 valence electrons. The molecule has 3 nitrogen and oxygen atoms in total. The van der Waals surface area contributed by atoms with E-state index >= 15 is 0 Å². The summed E-state index contributed by atoms with van der Waals surface area (Å²) in [6.45, 7) is 2.10. The Morgan fingerprint density at radius 1 is 1.35 bits per heavy atom. The van der Waals surface area contributed by atoms with Crippen molar-refractivity contribution < 1.29 is 0 Å². The van der Waals surface area contributed by atoms with Crippen LogP contribution in [0.25, 0.3) is 0 Å². The predicted molar refractivity (Wildman–Crippen MR) is 74.8 cm³/mol. The van der Waals surface area contributed by atoms with Gasteiger partial charge in [-0.2, -0.15) is 0 Å². The maximum atomic E-state index is 5.84. The molecule has 0 aliphatic heterocycles. The third kappa shape index (κ3) is 2.97. The Labute approximate surface area is 109 Å². The molecule has 4 heteroatoms. The molecule has 2 rings (SSSR count). The number of rotatable bonds is 3. The predicted octanol–water partition coefficient (Wildman–Crippen LogP) is 3.60. The Bertz CT molecular complexity index is 514. The van der Waals surface area contributed by atoms with Crippen molar-refractivity contribution in [3.63, 3.8) is 0 Å². The minimum absolute atomic E-state index is 0.192. The van der Waals surface area contributed by atoms with E-state index in [1.165, 1.54) is 5.56 Å². The Balaban J connectivity index is 2.17. The average Bonchev–Trinajstić information content (AvgIpc) is 2.32. The molecule has 1 aromatic heterocycles. The van der Waals surface area contributed by atoms with Gasteiger partial charge in [-0.25, -0.2) is 0 Å². The van der Waals surface area contributed by atoms with Crippen molar-refractivity contribution in [2.24, 2.45) is 0 Å². The summed E-state index contributed by atoms with van der Waals surface area (Å²) in [7, 11) is 0. The summed E-state index contributed by atoms with van der Waals surface area (Å²) in [6.07, 6.45) is 3.38. The van der Waals surface area contributed by atoms with Gasteiger partial charge >= 0.3 is 0 Å². The lowest BCUT2D eigenvalue weighted by atomic mass is 10.1. The van der Waals surface area contributed by atoms with E-state index in [1.54, 1.807) is 12.4 Å². The van der Waals surface area contributed by atoms with Crippen LogP contribution in [-0.2, 0) is 0 Å². The van der Waals surface area contributed by atoms with Gasteiger partial charge in [-0.15, -0.1) is 0 Å². The molecule has 0 aliphatic rings. The molecule has 1 atom stereocenters. The summed E-state index contributed by atoms with van der Waals surface area (Å²) in [5.41, 5.74) is 8.62. The molecule has 17 heavy (non-hydrogen) atoms. The van der Waals surface area contributed by atoms with Gasteiger partial charge in [-0.3, -0.25) is 4.98 Å². The highest BCUT2D eigenvalue weighted by molar-refractivity contribution is 9.10. The number of benzene rings is 1. The van der Waals surface area contributed by atoms with Gasteiger partial charge in [0.2, 0.25) is 0 Å². The van der Waals surface area contributed by atoms with Crippen molar-refractivity contribution >= 4 is 27.3 Å². The molecule has 0 spiro atoms. The van der Waals surface area contributed by atoms with Crippen LogP contribution in [-0.4, -0.2) is 4.98 Å². The van der Waals surface area contributed by atoms with Crippen molar-refractivity contribution in [3.8, 4) is 0 Å². The molecular weight excluding hydrogens is 278 g/mol. The van der Waals surface area contributed by atoms with Gasteiger partial charge in [0.1, 0.15) is 0 Å². The second-order valence-corrected chi connectivity index (χ2v) is 4.80. The lowest BCUT2D eigenvalue weighted by Gasteiger charge is -2.17. The van der Waals surface area contributed by atoms with Crippen molar-refractivity contribution in [2.75, 3.05) is 11.1 Å². The van der Waals surface area contributed by atoms with Crippen LogP contribution in [0.4, 0.5) is 11.4 Å². The first kappa shape index (κ1) is 11.9. The smallest absolute Gasteiger partial charge is 0.0736 e. The van der Waals surface area contributed by atoms with Crippen LogP contribution in [0.3, 0.4) is 0 Å². The van der Waals surface area contributed by atoms with Gasteiger partial charge in [0.25, 0.3) is 0 Å². The summed E-state index contributed by atoms with van der Waals surface area (Å²) in [5, 5.41) is 3.37. The topological polar surface area (TPSA) is 50.9 Å². The van der Waals surface area contributed by atoms with E-state index in [-0.39, 0.29) is 6.04 Å². The first-order valence-electron chi connectivity index (χ1n) is 5.38. The van der Waals surface area contributed by atoms with Crippen LogP contribution >= 0.6 is 15.9 Å². The largest absolute Gasteiger partial charge is 0.396 e. The molecule has 1 aromatic carbocycles.